The van der Waals surface area contributed by atoms with Crippen molar-refractivity contribution < 1.29 is 14.6 Å². The molecule has 1 saturated carbocycles. The second kappa shape index (κ2) is 6.30. The van der Waals surface area contributed by atoms with E-state index < -0.39 is 0 Å². The summed E-state index contributed by atoms with van der Waals surface area (Å²) in [5.74, 6) is 1.04. The Hall–Kier alpha value is -2.48. The minimum atomic E-state index is -0.373. The molecule has 3 atom stereocenters. The summed E-state index contributed by atoms with van der Waals surface area (Å²) in [6, 6.07) is -0.373. The fourth-order valence-corrected chi connectivity index (χ4v) is 4.08. The molecule has 4 rings (SSSR count). The summed E-state index contributed by atoms with van der Waals surface area (Å²) in [5.41, 5.74) is 2.06. The van der Waals surface area contributed by atoms with E-state index in [1.807, 2.05) is 20.8 Å². The zero-order valence-corrected chi connectivity index (χ0v) is 15.8. The number of aliphatic hydroxyl groups excluding tert-OH is 1. The van der Waals surface area contributed by atoms with Crippen LogP contribution in [0.25, 0.3) is 5.82 Å². The highest BCUT2D eigenvalue weighted by atomic mass is 16.5. The van der Waals surface area contributed by atoms with Gasteiger partial charge in [-0.25, -0.2) is 9.67 Å². The first-order chi connectivity index (χ1) is 12.8. The van der Waals surface area contributed by atoms with Crippen LogP contribution < -0.4 is 10.0 Å². The smallest absolute Gasteiger partial charge is 0.272 e. The van der Waals surface area contributed by atoms with E-state index in [9.17, 15) is 15.1 Å². The monoisotopic (exact) mass is 371 g/mol. The molecule has 0 radical (unpaired) electrons. The van der Waals surface area contributed by atoms with Gasteiger partial charge in [0.25, 0.3) is 5.91 Å². The van der Waals surface area contributed by atoms with Gasteiger partial charge in [0.2, 0.25) is 12.0 Å². The minimum absolute atomic E-state index is 0.139. The molecule has 0 spiro atoms. The van der Waals surface area contributed by atoms with Gasteiger partial charge in [-0.1, -0.05) is 20.8 Å². The van der Waals surface area contributed by atoms with Crippen molar-refractivity contribution in [3.05, 3.63) is 40.7 Å². The van der Waals surface area contributed by atoms with Crippen LogP contribution in [0.15, 0.2) is 18.6 Å². The Labute approximate surface area is 157 Å². The third kappa shape index (κ3) is 2.97. The number of nitrogens with zero attached hydrogens (tertiary/aromatic N) is 4. The van der Waals surface area contributed by atoms with E-state index in [-0.39, 0.29) is 24.0 Å². The summed E-state index contributed by atoms with van der Waals surface area (Å²) in [4.78, 5) is 17.2. The van der Waals surface area contributed by atoms with Crippen LogP contribution in [0.4, 0.5) is 0 Å². The van der Waals surface area contributed by atoms with Gasteiger partial charge in [-0.05, 0) is 30.6 Å². The lowest BCUT2D eigenvalue weighted by atomic mass is 9.75. The SMILES string of the molecule is CC(C)(C)[C@@H](CO)NC(=O)c1nn(-c2c[n+]([O-])ccn2)c2c1CC1CCC21. The highest BCUT2D eigenvalue weighted by Gasteiger charge is 2.45. The molecule has 2 aromatic rings. The lowest BCUT2D eigenvalue weighted by Crippen LogP contribution is -2.46. The van der Waals surface area contributed by atoms with E-state index in [1.54, 1.807) is 4.68 Å². The minimum Gasteiger partial charge on any atom is -0.619 e. The molecule has 2 aromatic heterocycles. The average Bonchev–Trinajstić information content (AvgIpc) is 3.05. The number of aromatic nitrogens is 4. The summed E-state index contributed by atoms with van der Waals surface area (Å²) < 4.78 is 2.35. The Morgan fingerprint density at radius 3 is 2.85 bits per heavy atom. The van der Waals surface area contributed by atoms with Crippen molar-refractivity contribution in [3.8, 4) is 5.82 Å². The first-order valence-electron chi connectivity index (χ1n) is 9.38. The number of hydrogen-bond donors (Lipinski definition) is 2. The molecule has 0 saturated heterocycles. The number of nitrogens with one attached hydrogen (secondary N) is 1. The summed E-state index contributed by atoms with van der Waals surface area (Å²) in [6.07, 6.45) is 7.16. The maximum atomic E-state index is 13.0. The van der Waals surface area contributed by atoms with Gasteiger partial charge in [-0.15, -0.1) is 0 Å². The van der Waals surface area contributed by atoms with Gasteiger partial charge in [-0.2, -0.15) is 9.83 Å². The van der Waals surface area contributed by atoms with Crippen LogP contribution in [0.1, 0.15) is 61.3 Å². The van der Waals surface area contributed by atoms with Gasteiger partial charge >= 0.3 is 0 Å². The Balaban J connectivity index is 1.73. The molecule has 2 heterocycles. The van der Waals surface area contributed by atoms with E-state index >= 15 is 0 Å². The first-order valence-corrected chi connectivity index (χ1v) is 9.38. The molecule has 2 aliphatic carbocycles. The van der Waals surface area contributed by atoms with Crippen molar-refractivity contribution in [2.75, 3.05) is 6.61 Å². The number of hydrogen-bond acceptors (Lipinski definition) is 5. The van der Waals surface area contributed by atoms with Crippen LogP contribution in [0, 0.1) is 16.5 Å². The molecule has 0 aliphatic heterocycles. The molecule has 2 N–H and O–H groups in total. The predicted octanol–water partition coefficient (Wildman–Crippen LogP) is 1.09. The van der Waals surface area contributed by atoms with E-state index in [0.29, 0.717) is 28.1 Å². The first kappa shape index (κ1) is 17.9. The van der Waals surface area contributed by atoms with Gasteiger partial charge in [0, 0.05) is 11.5 Å². The molecule has 8 heteroatoms. The van der Waals surface area contributed by atoms with E-state index in [1.165, 1.54) is 18.6 Å². The third-order valence-corrected chi connectivity index (χ3v) is 5.89. The fraction of sp³-hybridized carbons (Fsp3) is 0.579. The van der Waals surface area contributed by atoms with Gasteiger partial charge in [0.15, 0.2) is 11.9 Å². The second-order valence-electron chi connectivity index (χ2n) is 8.62. The summed E-state index contributed by atoms with van der Waals surface area (Å²) in [6.45, 7) is 5.77. The lowest BCUT2D eigenvalue weighted by Gasteiger charge is -2.31. The zero-order valence-electron chi connectivity index (χ0n) is 15.8. The molecule has 2 aliphatic rings. The van der Waals surface area contributed by atoms with E-state index in [2.05, 4.69) is 15.4 Å². The molecule has 144 valence electrons. The maximum absolute atomic E-state index is 13.0. The highest BCUT2D eigenvalue weighted by Crippen LogP contribution is 2.52. The summed E-state index contributed by atoms with van der Waals surface area (Å²) >= 11 is 0. The average molecular weight is 371 g/mol. The second-order valence-corrected chi connectivity index (χ2v) is 8.62. The normalized spacial score (nSPS) is 21.9. The Bertz CT molecular complexity index is 886. The molecule has 1 amide bonds. The highest BCUT2D eigenvalue weighted by molar-refractivity contribution is 5.94. The van der Waals surface area contributed by atoms with Gasteiger partial charge in [0.05, 0.1) is 24.5 Å². The van der Waals surface area contributed by atoms with Crippen LogP contribution in [0.3, 0.4) is 0 Å². The number of fused-ring (bicyclic) bond motifs is 3. The third-order valence-electron chi connectivity index (χ3n) is 5.89. The Morgan fingerprint density at radius 2 is 2.26 bits per heavy atom. The topological polar surface area (TPSA) is 107 Å². The van der Waals surface area contributed by atoms with Crippen molar-refractivity contribution >= 4 is 5.91 Å². The van der Waals surface area contributed by atoms with Crippen molar-refractivity contribution in [3.63, 3.8) is 0 Å². The Kier molecular flexibility index (Phi) is 4.18. The van der Waals surface area contributed by atoms with Crippen LogP contribution in [-0.4, -0.2) is 38.4 Å². The molecule has 27 heavy (non-hydrogen) atoms. The van der Waals surface area contributed by atoms with Crippen LogP contribution in [0.5, 0.6) is 0 Å². The lowest BCUT2D eigenvalue weighted by molar-refractivity contribution is -0.605. The quantitative estimate of drug-likeness (QED) is 0.618. The molecule has 2 unspecified atom stereocenters. The molecule has 0 aromatic carbocycles. The van der Waals surface area contributed by atoms with Crippen molar-refractivity contribution in [2.24, 2.45) is 11.3 Å². The van der Waals surface area contributed by atoms with E-state index in [4.69, 9.17) is 0 Å². The van der Waals surface area contributed by atoms with Crippen LogP contribution >= 0.6 is 0 Å². The number of rotatable bonds is 4. The number of aliphatic hydroxyl groups is 1. The van der Waals surface area contributed by atoms with Gasteiger partial charge < -0.3 is 15.6 Å². The largest absolute Gasteiger partial charge is 0.619 e. The molecule has 0 bridgehead atoms. The Morgan fingerprint density at radius 1 is 1.48 bits per heavy atom. The summed E-state index contributed by atoms with van der Waals surface area (Å²) in [5, 5.41) is 28.8. The molecule has 8 nitrogen and oxygen atoms in total. The standard InChI is InChI=1S/C19H25N5O3/c1-19(2,3)14(10-25)21-18(26)16-13-8-11-4-5-12(11)17(13)24(22-16)15-9-23(27)7-6-20-15/h6-7,9,11-12,14,25H,4-5,8,10H2,1-3H3,(H,21,26)/t11?,12?,14-/m1/s1. The van der Waals surface area contributed by atoms with Gasteiger partial charge in [0.1, 0.15) is 0 Å². The van der Waals surface area contributed by atoms with Gasteiger partial charge in [-0.3, -0.25) is 4.79 Å². The molecular formula is C19H25N5O3. The predicted molar refractivity (Wildman–Crippen MR) is 97.3 cm³/mol. The van der Waals surface area contributed by atoms with E-state index in [0.717, 1.165) is 30.5 Å². The molecular weight excluding hydrogens is 346 g/mol. The number of carbonyl (C=O) groups excluding carboxylic acids is 1. The zero-order chi connectivity index (χ0) is 19.3. The molecule has 1 fully saturated rings. The maximum Gasteiger partial charge on any atom is 0.272 e. The van der Waals surface area contributed by atoms with Crippen molar-refractivity contribution in [1.29, 1.82) is 0 Å². The number of carbonyl (C=O) groups is 1. The van der Waals surface area contributed by atoms with Crippen LogP contribution in [0.2, 0.25) is 0 Å². The summed E-state index contributed by atoms with van der Waals surface area (Å²) in [7, 11) is 0. The fourth-order valence-electron chi connectivity index (χ4n) is 4.08. The van der Waals surface area contributed by atoms with Crippen molar-refractivity contribution in [2.45, 2.75) is 52.0 Å². The number of amides is 1. The van der Waals surface area contributed by atoms with Crippen LogP contribution in [-0.2, 0) is 6.42 Å². The van der Waals surface area contributed by atoms with Crippen molar-refractivity contribution in [1.82, 2.24) is 20.1 Å².